The van der Waals surface area contributed by atoms with Gasteiger partial charge in [0, 0.05) is 38.4 Å². The average Bonchev–Trinajstić information content (AvgIpc) is 3.26. The summed E-state index contributed by atoms with van der Waals surface area (Å²) in [5, 5.41) is 4.14. The highest BCUT2D eigenvalue weighted by Gasteiger charge is 2.36. The second-order valence-corrected chi connectivity index (χ2v) is 9.44. The summed E-state index contributed by atoms with van der Waals surface area (Å²) in [6.07, 6.45) is 6.69. The molecule has 0 N–H and O–H groups in total. The van der Waals surface area contributed by atoms with E-state index in [2.05, 4.69) is 23.8 Å². The van der Waals surface area contributed by atoms with Crippen LogP contribution in [0.25, 0.3) is 0 Å². The third-order valence-corrected chi connectivity index (χ3v) is 7.06. The van der Waals surface area contributed by atoms with Crippen molar-refractivity contribution in [3.05, 3.63) is 12.4 Å². The molecule has 136 valence electrons. The Bertz CT molecular complexity index is 651. The highest BCUT2D eigenvalue weighted by atomic mass is 32.2. The van der Waals surface area contributed by atoms with Gasteiger partial charge in [-0.1, -0.05) is 13.8 Å². The first-order chi connectivity index (χ1) is 11.4. The normalized spacial score (nSPS) is 24.4. The largest absolute Gasteiger partial charge is 0.298 e. The summed E-state index contributed by atoms with van der Waals surface area (Å²) in [4.78, 5) is 2.86. The Morgan fingerprint density at radius 3 is 2.62 bits per heavy atom. The van der Waals surface area contributed by atoms with Crippen LogP contribution in [0.5, 0.6) is 0 Å². The van der Waals surface area contributed by atoms with Crippen LogP contribution in [-0.4, -0.2) is 59.6 Å². The second-order valence-electron chi connectivity index (χ2n) is 7.50. The topological polar surface area (TPSA) is 58.4 Å². The zero-order valence-electron chi connectivity index (χ0n) is 15.1. The molecule has 1 aromatic rings. The standard InChI is InChI=1S/C17H30N4O2S/c1-4-20-12-16(10-18-20)24(22,23)21-9-5-8-19(11-15-6-7-15)17(13-21)14(2)3/h10,12,14-15,17H,4-9,11,13H2,1-3H3. The molecule has 1 atom stereocenters. The number of hydrogen-bond donors (Lipinski definition) is 0. The van der Waals surface area contributed by atoms with Crippen molar-refractivity contribution in [3.63, 3.8) is 0 Å². The maximum absolute atomic E-state index is 13.0. The van der Waals surface area contributed by atoms with Gasteiger partial charge in [0.25, 0.3) is 0 Å². The fourth-order valence-electron chi connectivity index (χ4n) is 3.54. The highest BCUT2D eigenvalue weighted by molar-refractivity contribution is 7.89. The maximum Gasteiger partial charge on any atom is 0.246 e. The van der Waals surface area contributed by atoms with Crippen LogP contribution in [0.3, 0.4) is 0 Å². The summed E-state index contributed by atoms with van der Waals surface area (Å²) in [5.74, 6) is 1.27. The maximum atomic E-state index is 13.0. The summed E-state index contributed by atoms with van der Waals surface area (Å²) in [7, 11) is -3.45. The van der Waals surface area contributed by atoms with E-state index in [-0.39, 0.29) is 0 Å². The molecule has 2 fully saturated rings. The van der Waals surface area contributed by atoms with E-state index in [1.54, 1.807) is 15.2 Å². The minimum Gasteiger partial charge on any atom is -0.298 e. The van der Waals surface area contributed by atoms with Crippen molar-refractivity contribution >= 4 is 10.0 Å². The Balaban J connectivity index is 1.79. The Morgan fingerprint density at radius 1 is 1.29 bits per heavy atom. The van der Waals surface area contributed by atoms with Crippen LogP contribution in [0, 0.1) is 11.8 Å². The van der Waals surface area contributed by atoms with E-state index in [4.69, 9.17) is 0 Å². The van der Waals surface area contributed by atoms with Crippen molar-refractivity contribution in [3.8, 4) is 0 Å². The lowest BCUT2D eigenvalue weighted by Gasteiger charge is -2.34. The molecule has 7 heteroatoms. The number of nitrogens with zero attached hydrogens (tertiary/aromatic N) is 4. The van der Waals surface area contributed by atoms with Gasteiger partial charge in [-0.05, 0) is 44.6 Å². The molecule has 1 unspecified atom stereocenters. The van der Waals surface area contributed by atoms with E-state index < -0.39 is 10.0 Å². The van der Waals surface area contributed by atoms with Crippen LogP contribution in [0.2, 0.25) is 0 Å². The molecule has 3 rings (SSSR count). The number of hydrogen-bond acceptors (Lipinski definition) is 4. The molecule has 0 spiro atoms. The van der Waals surface area contributed by atoms with Gasteiger partial charge in [0.2, 0.25) is 10.0 Å². The van der Waals surface area contributed by atoms with Gasteiger partial charge in [-0.3, -0.25) is 9.58 Å². The van der Waals surface area contributed by atoms with Gasteiger partial charge in [-0.15, -0.1) is 0 Å². The summed E-state index contributed by atoms with van der Waals surface area (Å²) < 4.78 is 29.4. The molecule has 1 aliphatic heterocycles. The first-order valence-corrected chi connectivity index (χ1v) is 10.6. The molecule has 0 aromatic carbocycles. The average molecular weight is 355 g/mol. The molecule has 1 aliphatic carbocycles. The molecule has 2 aliphatic rings. The lowest BCUT2D eigenvalue weighted by atomic mass is 10.0. The van der Waals surface area contributed by atoms with Crippen LogP contribution in [0.15, 0.2) is 17.3 Å². The van der Waals surface area contributed by atoms with Crippen molar-refractivity contribution in [1.29, 1.82) is 0 Å². The van der Waals surface area contributed by atoms with Crippen LogP contribution in [0.1, 0.15) is 40.0 Å². The number of aryl methyl sites for hydroxylation is 1. The second kappa shape index (κ2) is 7.14. The fourth-order valence-corrected chi connectivity index (χ4v) is 4.99. The van der Waals surface area contributed by atoms with Crippen molar-refractivity contribution in [2.24, 2.45) is 11.8 Å². The minimum atomic E-state index is -3.45. The Morgan fingerprint density at radius 2 is 2.04 bits per heavy atom. The van der Waals surface area contributed by atoms with Crippen LogP contribution in [-0.2, 0) is 16.6 Å². The quantitative estimate of drug-likeness (QED) is 0.784. The lowest BCUT2D eigenvalue weighted by Crippen LogP contribution is -2.46. The van der Waals surface area contributed by atoms with Crippen molar-refractivity contribution in [2.45, 2.75) is 57.5 Å². The lowest BCUT2D eigenvalue weighted by molar-refractivity contribution is 0.150. The van der Waals surface area contributed by atoms with E-state index in [0.717, 1.165) is 25.4 Å². The zero-order chi connectivity index (χ0) is 17.3. The first kappa shape index (κ1) is 17.9. The third-order valence-electron chi connectivity index (χ3n) is 5.24. The van der Waals surface area contributed by atoms with E-state index in [1.807, 2.05) is 6.92 Å². The first-order valence-electron chi connectivity index (χ1n) is 9.18. The Labute approximate surface area is 145 Å². The molecule has 6 nitrogen and oxygen atoms in total. The summed E-state index contributed by atoms with van der Waals surface area (Å²) in [5.41, 5.74) is 0. The van der Waals surface area contributed by atoms with Crippen molar-refractivity contribution in [1.82, 2.24) is 19.0 Å². The summed E-state index contributed by atoms with van der Waals surface area (Å²) in [6, 6.07) is 0.295. The third kappa shape index (κ3) is 3.83. The van der Waals surface area contributed by atoms with E-state index in [1.165, 1.54) is 19.0 Å². The minimum absolute atomic E-state index is 0.295. The smallest absolute Gasteiger partial charge is 0.246 e. The van der Waals surface area contributed by atoms with E-state index >= 15 is 0 Å². The molecule has 1 aromatic heterocycles. The molecule has 0 radical (unpaired) electrons. The van der Waals surface area contributed by atoms with Gasteiger partial charge in [-0.25, -0.2) is 8.42 Å². The predicted octanol–water partition coefficient (Wildman–Crippen LogP) is 2.03. The molecule has 2 heterocycles. The van der Waals surface area contributed by atoms with Gasteiger partial charge in [0.05, 0.1) is 6.20 Å². The van der Waals surface area contributed by atoms with Gasteiger partial charge >= 0.3 is 0 Å². The highest BCUT2D eigenvalue weighted by Crippen LogP contribution is 2.32. The Hall–Kier alpha value is -0.920. The fraction of sp³-hybridized carbons (Fsp3) is 0.824. The van der Waals surface area contributed by atoms with Crippen LogP contribution < -0.4 is 0 Å². The van der Waals surface area contributed by atoms with E-state index in [9.17, 15) is 8.42 Å². The molecule has 1 saturated heterocycles. The predicted molar refractivity (Wildman–Crippen MR) is 94.2 cm³/mol. The summed E-state index contributed by atoms with van der Waals surface area (Å²) >= 11 is 0. The molecule has 1 saturated carbocycles. The SMILES string of the molecule is CCn1cc(S(=O)(=O)N2CCCN(CC3CC3)C(C(C)C)C2)cn1. The van der Waals surface area contributed by atoms with Crippen molar-refractivity contribution < 1.29 is 8.42 Å². The van der Waals surface area contributed by atoms with Gasteiger partial charge in [-0.2, -0.15) is 9.40 Å². The van der Waals surface area contributed by atoms with Crippen LogP contribution >= 0.6 is 0 Å². The number of rotatable bonds is 6. The molecular weight excluding hydrogens is 324 g/mol. The molecule has 24 heavy (non-hydrogen) atoms. The van der Waals surface area contributed by atoms with Crippen LogP contribution in [0.4, 0.5) is 0 Å². The monoisotopic (exact) mass is 354 g/mol. The van der Waals surface area contributed by atoms with Gasteiger partial charge in [0.1, 0.15) is 4.90 Å². The summed E-state index contributed by atoms with van der Waals surface area (Å²) in [6.45, 7) is 10.4. The van der Waals surface area contributed by atoms with Gasteiger partial charge in [0.15, 0.2) is 0 Å². The molecular formula is C17H30N4O2S. The zero-order valence-corrected chi connectivity index (χ0v) is 15.9. The Kier molecular flexibility index (Phi) is 5.32. The molecule has 0 amide bonds. The molecule has 0 bridgehead atoms. The van der Waals surface area contributed by atoms with Gasteiger partial charge < -0.3 is 0 Å². The van der Waals surface area contributed by atoms with E-state index in [0.29, 0.717) is 36.5 Å². The number of aromatic nitrogens is 2. The van der Waals surface area contributed by atoms with Crippen molar-refractivity contribution in [2.75, 3.05) is 26.2 Å². The number of sulfonamides is 1.